The highest BCUT2D eigenvalue weighted by atomic mass is 32.2. The zero-order chi connectivity index (χ0) is 19.2. The second-order valence-corrected chi connectivity index (χ2v) is 9.10. The minimum absolute atomic E-state index is 0.158. The van der Waals surface area contributed by atoms with E-state index in [0.29, 0.717) is 24.2 Å². The number of fused-ring (bicyclic) bond motifs is 1. The number of piperidine rings is 1. The predicted molar refractivity (Wildman–Crippen MR) is 103 cm³/mol. The number of aromatic amines is 1. The van der Waals surface area contributed by atoms with E-state index in [9.17, 15) is 13.2 Å². The molecule has 0 atom stereocenters. The highest BCUT2D eigenvalue weighted by Crippen LogP contribution is 2.27. The number of sulfonamides is 1. The van der Waals surface area contributed by atoms with Crippen molar-refractivity contribution in [1.82, 2.24) is 19.1 Å². The summed E-state index contributed by atoms with van der Waals surface area (Å²) < 4.78 is 29.6. The molecule has 1 aliphatic rings. The quantitative estimate of drug-likeness (QED) is 0.748. The second-order valence-electron chi connectivity index (χ2n) is 7.16. The van der Waals surface area contributed by atoms with E-state index < -0.39 is 10.0 Å². The third-order valence-electron chi connectivity index (χ3n) is 5.17. The fraction of sp³-hybridized carbons (Fsp3) is 0.368. The van der Waals surface area contributed by atoms with Gasteiger partial charge in [0.2, 0.25) is 10.0 Å². The summed E-state index contributed by atoms with van der Waals surface area (Å²) in [6, 6.07) is 6.80. The Morgan fingerprint density at radius 3 is 2.56 bits per heavy atom. The number of H-pyrrole nitrogens is 1. The van der Waals surface area contributed by atoms with Gasteiger partial charge in [-0.15, -0.1) is 0 Å². The third-order valence-corrected chi connectivity index (χ3v) is 7.06. The van der Waals surface area contributed by atoms with Gasteiger partial charge in [-0.1, -0.05) is 0 Å². The van der Waals surface area contributed by atoms with Gasteiger partial charge in [0.1, 0.15) is 0 Å². The van der Waals surface area contributed by atoms with Crippen LogP contribution in [0.2, 0.25) is 0 Å². The van der Waals surface area contributed by atoms with Crippen molar-refractivity contribution < 1.29 is 8.42 Å². The molecule has 0 bridgehead atoms. The Morgan fingerprint density at radius 2 is 1.89 bits per heavy atom. The summed E-state index contributed by atoms with van der Waals surface area (Å²) in [6.07, 6.45) is 5.30. The number of hydrogen-bond donors (Lipinski definition) is 1. The molecule has 1 aromatic carbocycles. The molecular weight excluding hydrogens is 364 g/mol. The molecule has 4 rings (SSSR count). The molecule has 0 unspecified atom stereocenters. The minimum atomic E-state index is -3.57. The molecule has 1 saturated heterocycles. The Kier molecular flexibility index (Phi) is 4.39. The van der Waals surface area contributed by atoms with Gasteiger partial charge in [0.25, 0.3) is 5.56 Å². The average molecular weight is 386 g/mol. The van der Waals surface area contributed by atoms with Crippen LogP contribution in [0.1, 0.15) is 30.0 Å². The van der Waals surface area contributed by atoms with Gasteiger partial charge in [-0.25, -0.2) is 8.42 Å². The summed E-state index contributed by atoms with van der Waals surface area (Å²) in [6.45, 7) is 4.64. The van der Waals surface area contributed by atoms with Crippen molar-refractivity contribution >= 4 is 20.9 Å². The number of nitrogens with one attached hydrogen (secondary N) is 1. The first-order valence-electron chi connectivity index (χ1n) is 8.99. The Morgan fingerprint density at radius 1 is 1.15 bits per heavy atom. The molecule has 0 saturated carbocycles. The molecule has 2 aromatic heterocycles. The van der Waals surface area contributed by atoms with Crippen molar-refractivity contribution in [3.05, 3.63) is 58.1 Å². The van der Waals surface area contributed by atoms with Gasteiger partial charge >= 0.3 is 0 Å². The number of benzene rings is 1. The van der Waals surface area contributed by atoms with Crippen LogP contribution >= 0.6 is 0 Å². The summed E-state index contributed by atoms with van der Waals surface area (Å²) in [4.78, 5) is 14.7. The normalized spacial score (nSPS) is 16.8. The maximum Gasteiger partial charge on any atom is 0.251 e. The first-order valence-corrected chi connectivity index (χ1v) is 10.4. The lowest BCUT2D eigenvalue weighted by Gasteiger charge is -2.31. The molecule has 3 aromatic rings. The second kappa shape index (κ2) is 6.61. The molecule has 8 heteroatoms. The van der Waals surface area contributed by atoms with Gasteiger partial charge < -0.3 is 4.98 Å². The number of rotatable bonds is 3. The lowest BCUT2D eigenvalue weighted by atomic mass is 10.1. The van der Waals surface area contributed by atoms with E-state index in [-0.39, 0.29) is 16.5 Å². The molecule has 1 N–H and O–H groups in total. The van der Waals surface area contributed by atoms with Gasteiger partial charge in [0.15, 0.2) is 0 Å². The molecule has 27 heavy (non-hydrogen) atoms. The highest BCUT2D eigenvalue weighted by Gasteiger charge is 2.30. The molecule has 3 heterocycles. The van der Waals surface area contributed by atoms with Gasteiger partial charge in [-0.05, 0) is 61.9 Å². The van der Waals surface area contributed by atoms with Crippen molar-refractivity contribution in [2.24, 2.45) is 0 Å². The van der Waals surface area contributed by atoms with Crippen LogP contribution in [0.5, 0.6) is 0 Å². The van der Waals surface area contributed by atoms with Crippen LogP contribution in [0.4, 0.5) is 0 Å². The van der Waals surface area contributed by atoms with E-state index in [1.165, 1.54) is 0 Å². The SMILES string of the molecule is Cc1cnn(C2CCN(S(=O)(=O)c3ccc4[nH]c(=O)c(C)cc4c3)CC2)c1. The molecule has 1 aliphatic heterocycles. The number of pyridine rings is 1. The third kappa shape index (κ3) is 3.30. The topological polar surface area (TPSA) is 88.1 Å². The van der Waals surface area contributed by atoms with Gasteiger partial charge in [0.05, 0.1) is 17.1 Å². The van der Waals surface area contributed by atoms with Crippen molar-refractivity contribution in [3.8, 4) is 0 Å². The first-order chi connectivity index (χ1) is 12.8. The fourth-order valence-corrected chi connectivity index (χ4v) is 5.09. The Bertz CT molecular complexity index is 1160. The molecule has 0 spiro atoms. The number of aromatic nitrogens is 3. The predicted octanol–water partition coefficient (Wildman–Crippen LogP) is 2.37. The fourth-order valence-electron chi connectivity index (χ4n) is 3.58. The smallest absolute Gasteiger partial charge is 0.251 e. The van der Waals surface area contributed by atoms with Crippen molar-refractivity contribution in [2.75, 3.05) is 13.1 Å². The van der Waals surface area contributed by atoms with E-state index in [2.05, 4.69) is 10.1 Å². The van der Waals surface area contributed by atoms with Crippen LogP contribution in [0, 0.1) is 13.8 Å². The molecule has 1 fully saturated rings. The monoisotopic (exact) mass is 386 g/mol. The van der Waals surface area contributed by atoms with Gasteiger partial charge in [-0.3, -0.25) is 9.48 Å². The number of nitrogens with zero attached hydrogens (tertiary/aromatic N) is 3. The molecule has 7 nitrogen and oxygen atoms in total. The van der Waals surface area contributed by atoms with Crippen LogP contribution in [0.15, 0.2) is 46.3 Å². The molecule has 142 valence electrons. The molecule has 0 radical (unpaired) electrons. The van der Waals surface area contributed by atoms with Crippen LogP contribution in [0.3, 0.4) is 0 Å². The summed E-state index contributed by atoms with van der Waals surface area (Å²) >= 11 is 0. The van der Waals surface area contributed by atoms with E-state index >= 15 is 0 Å². The van der Waals surface area contributed by atoms with Crippen LogP contribution in [-0.4, -0.2) is 40.6 Å². The molecular formula is C19H22N4O3S. The Labute approximate surface area is 157 Å². The maximum absolute atomic E-state index is 13.1. The van der Waals surface area contributed by atoms with E-state index in [1.807, 2.05) is 24.0 Å². The largest absolute Gasteiger partial charge is 0.322 e. The van der Waals surface area contributed by atoms with E-state index in [0.717, 1.165) is 23.8 Å². The number of aryl methyl sites for hydroxylation is 2. The Hall–Kier alpha value is -2.45. The summed E-state index contributed by atoms with van der Waals surface area (Å²) in [7, 11) is -3.57. The van der Waals surface area contributed by atoms with E-state index in [1.54, 1.807) is 35.5 Å². The van der Waals surface area contributed by atoms with Crippen molar-refractivity contribution in [3.63, 3.8) is 0 Å². The zero-order valence-electron chi connectivity index (χ0n) is 15.3. The van der Waals surface area contributed by atoms with Gasteiger partial charge in [0, 0.05) is 30.4 Å². The molecule has 0 amide bonds. The maximum atomic E-state index is 13.1. The van der Waals surface area contributed by atoms with Crippen LogP contribution < -0.4 is 5.56 Å². The van der Waals surface area contributed by atoms with Crippen molar-refractivity contribution in [1.29, 1.82) is 0 Å². The summed E-state index contributed by atoms with van der Waals surface area (Å²) in [5.74, 6) is 0. The lowest BCUT2D eigenvalue weighted by molar-refractivity contribution is 0.261. The average Bonchev–Trinajstić information content (AvgIpc) is 3.09. The summed E-state index contributed by atoms with van der Waals surface area (Å²) in [5, 5.41) is 5.07. The number of hydrogen-bond acceptors (Lipinski definition) is 4. The summed E-state index contributed by atoms with van der Waals surface area (Å²) in [5.41, 5.74) is 2.15. The van der Waals surface area contributed by atoms with Gasteiger partial charge in [-0.2, -0.15) is 9.40 Å². The Balaban J connectivity index is 1.57. The van der Waals surface area contributed by atoms with Crippen LogP contribution in [0.25, 0.3) is 10.9 Å². The first kappa shape index (κ1) is 17.9. The lowest BCUT2D eigenvalue weighted by Crippen LogP contribution is -2.39. The van der Waals surface area contributed by atoms with Crippen molar-refractivity contribution in [2.45, 2.75) is 37.6 Å². The van der Waals surface area contributed by atoms with Crippen LogP contribution in [-0.2, 0) is 10.0 Å². The van der Waals surface area contributed by atoms with E-state index in [4.69, 9.17) is 0 Å². The molecule has 0 aliphatic carbocycles. The highest BCUT2D eigenvalue weighted by molar-refractivity contribution is 7.89. The minimum Gasteiger partial charge on any atom is -0.322 e. The standard InChI is InChI=1S/C19H22N4O3S/c1-13-11-20-23(12-13)16-5-7-22(8-6-16)27(25,26)17-3-4-18-15(10-17)9-14(2)19(24)21-18/h3-4,9-12,16H,5-8H2,1-2H3,(H,21,24). The zero-order valence-corrected chi connectivity index (χ0v) is 16.2.